The zero-order valence-corrected chi connectivity index (χ0v) is 15.5. The van der Waals surface area contributed by atoms with Gasteiger partial charge in [0.25, 0.3) is 0 Å². The van der Waals surface area contributed by atoms with Crippen LogP contribution in [0.25, 0.3) is 0 Å². The zero-order valence-electron chi connectivity index (χ0n) is 15.5. The number of carbonyl (C=O) groups excluding carboxylic acids is 1. The summed E-state index contributed by atoms with van der Waals surface area (Å²) in [6.07, 6.45) is 6.78. The maximum Gasteiger partial charge on any atom is 0.309 e. The van der Waals surface area contributed by atoms with Gasteiger partial charge in [0.2, 0.25) is 0 Å². The summed E-state index contributed by atoms with van der Waals surface area (Å²) in [7, 11) is 0. The SMILES string of the molecule is CCCCC[N+](CCCCC)(CCC(=O)O)CC(C)OC(C)=O. The number of aliphatic carboxylic acids is 1. The molecule has 0 bridgehead atoms. The van der Waals surface area contributed by atoms with E-state index in [1.807, 2.05) is 6.92 Å². The lowest BCUT2D eigenvalue weighted by molar-refractivity contribution is -0.930. The molecule has 0 rings (SSSR count). The Kier molecular flexibility index (Phi) is 11.7. The van der Waals surface area contributed by atoms with Crippen molar-refractivity contribution in [3.05, 3.63) is 0 Å². The van der Waals surface area contributed by atoms with Gasteiger partial charge in [-0.3, -0.25) is 9.59 Å². The average Bonchev–Trinajstić information content (AvgIpc) is 2.44. The van der Waals surface area contributed by atoms with Crippen molar-refractivity contribution in [2.45, 2.75) is 78.7 Å². The van der Waals surface area contributed by atoms with Gasteiger partial charge in [-0.1, -0.05) is 26.7 Å². The first-order valence-electron chi connectivity index (χ1n) is 9.09. The third-order valence-corrected chi connectivity index (χ3v) is 4.28. The fraction of sp³-hybridized carbons (Fsp3) is 0.889. The summed E-state index contributed by atoms with van der Waals surface area (Å²) in [6, 6.07) is 0. The molecule has 1 N–H and O–H groups in total. The second kappa shape index (κ2) is 12.3. The Morgan fingerprint density at radius 3 is 1.91 bits per heavy atom. The fourth-order valence-corrected chi connectivity index (χ4v) is 3.20. The van der Waals surface area contributed by atoms with Crippen LogP contribution in [0.15, 0.2) is 0 Å². The van der Waals surface area contributed by atoms with Crippen molar-refractivity contribution in [2.75, 3.05) is 26.2 Å². The minimum absolute atomic E-state index is 0.172. The van der Waals surface area contributed by atoms with Crippen LogP contribution in [0.1, 0.15) is 72.6 Å². The average molecular weight is 330 g/mol. The highest BCUT2D eigenvalue weighted by Gasteiger charge is 2.30. The molecule has 0 saturated heterocycles. The van der Waals surface area contributed by atoms with Crippen LogP contribution in [-0.4, -0.2) is 53.8 Å². The highest BCUT2D eigenvalue weighted by Crippen LogP contribution is 2.17. The Bertz CT molecular complexity index is 334. The highest BCUT2D eigenvalue weighted by atomic mass is 16.5. The highest BCUT2D eigenvalue weighted by molar-refractivity contribution is 5.66. The van der Waals surface area contributed by atoms with Crippen molar-refractivity contribution < 1.29 is 23.9 Å². The Labute approximate surface area is 141 Å². The summed E-state index contributed by atoms with van der Waals surface area (Å²) in [4.78, 5) is 22.3. The van der Waals surface area contributed by atoms with Gasteiger partial charge < -0.3 is 14.3 Å². The van der Waals surface area contributed by atoms with Gasteiger partial charge in [-0.05, 0) is 32.6 Å². The van der Waals surface area contributed by atoms with Crippen molar-refractivity contribution in [3.8, 4) is 0 Å². The summed E-state index contributed by atoms with van der Waals surface area (Å²) in [5.74, 6) is -1.02. The number of unbranched alkanes of at least 4 members (excludes halogenated alkanes) is 4. The summed E-state index contributed by atoms with van der Waals surface area (Å²) in [5, 5.41) is 9.10. The molecule has 0 saturated carbocycles. The first-order chi connectivity index (χ1) is 10.8. The smallest absolute Gasteiger partial charge is 0.309 e. The monoisotopic (exact) mass is 330 g/mol. The summed E-state index contributed by atoms with van der Waals surface area (Å²) >= 11 is 0. The minimum atomic E-state index is -0.751. The Balaban J connectivity index is 4.98. The molecule has 0 aliphatic carbocycles. The summed E-state index contributed by atoms with van der Waals surface area (Å²) < 4.78 is 6.07. The van der Waals surface area contributed by atoms with Crippen LogP contribution in [0.2, 0.25) is 0 Å². The zero-order chi connectivity index (χ0) is 17.7. The number of carboxylic acid groups (broad SMARTS) is 1. The molecule has 0 radical (unpaired) electrons. The van der Waals surface area contributed by atoms with Gasteiger partial charge >= 0.3 is 11.9 Å². The van der Waals surface area contributed by atoms with E-state index in [1.165, 1.54) is 6.92 Å². The maximum absolute atomic E-state index is 11.2. The molecule has 5 nitrogen and oxygen atoms in total. The van der Waals surface area contributed by atoms with Gasteiger partial charge in [0.1, 0.15) is 12.6 Å². The molecule has 0 aliphatic heterocycles. The number of nitrogens with zero attached hydrogens (tertiary/aromatic N) is 1. The second-order valence-electron chi connectivity index (χ2n) is 6.67. The van der Waals surface area contributed by atoms with Crippen molar-refractivity contribution in [3.63, 3.8) is 0 Å². The Hall–Kier alpha value is -1.10. The third kappa shape index (κ3) is 11.1. The molecular weight excluding hydrogens is 294 g/mol. The van der Waals surface area contributed by atoms with Crippen molar-refractivity contribution >= 4 is 11.9 Å². The molecule has 23 heavy (non-hydrogen) atoms. The lowest BCUT2D eigenvalue weighted by Gasteiger charge is -2.40. The van der Waals surface area contributed by atoms with Crippen LogP contribution >= 0.6 is 0 Å². The van der Waals surface area contributed by atoms with Crippen molar-refractivity contribution in [1.29, 1.82) is 0 Å². The van der Waals surface area contributed by atoms with Gasteiger partial charge in [0.15, 0.2) is 0 Å². The Morgan fingerprint density at radius 2 is 1.52 bits per heavy atom. The first-order valence-corrected chi connectivity index (χ1v) is 9.09. The van der Waals surface area contributed by atoms with Crippen LogP contribution in [0, 0.1) is 0 Å². The van der Waals surface area contributed by atoms with Gasteiger partial charge in [0.05, 0.1) is 26.1 Å². The van der Waals surface area contributed by atoms with E-state index in [2.05, 4.69) is 13.8 Å². The first kappa shape index (κ1) is 21.9. The normalized spacial score (nSPS) is 12.9. The van der Waals surface area contributed by atoms with Gasteiger partial charge in [0, 0.05) is 6.92 Å². The van der Waals surface area contributed by atoms with Crippen LogP contribution in [0.3, 0.4) is 0 Å². The number of carbonyl (C=O) groups is 2. The van der Waals surface area contributed by atoms with Crippen LogP contribution in [0.4, 0.5) is 0 Å². The number of hydrogen-bond acceptors (Lipinski definition) is 3. The predicted molar refractivity (Wildman–Crippen MR) is 92.3 cm³/mol. The number of hydrogen-bond donors (Lipinski definition) is 1. The molecule has 0 aromatic carbocycles. The second-order valence-corrected chi connectivity index (χ2v) is 6.67. The molecular formula is C18H36NO4+. The van der Waals surface area contributed by atoms with Crippen LogP contribution < -0.4 is 0 Å². The molecule has 136 valence electrons. The third-order valence-electron chi connectivity index (χ3n) is 4.28. The summed E-state index contributed by atoms with van der Waals surface area (Å²) in [6.45, 7) is 10.9. The van der Waals surface area contributed by atoms with E-state index in [1.54, 1.807) is 0 Å². The molecule has 1 atom stereocenters. The molecule has 0 amide bonds. The number of carboxylic acids is 1. The number of quaternary nitrogens is 1. The van der Waals surface area contributed by atoms with Crippen molar-refractivity contribution in [2.24, 2.45) is 0 Å². The van der Waals surface area contributed by atoms with Gasteiger partial charge in [-0.2, -0.15) is 0 Å². The minimum Gasteiger partial charge on any atom is -0.481 e. The fourth-order valence-electron chi connectivity index (χ4n) is 3.20. The number of ether oxygens (including phenoxy) is 1. The number of esters is 1. The molecule has 5 heteroatoms. The molecule has 0 fully saturated rings. The molecule has 0 heterocycles. The van der Waals surface area contributed by atoms with Gasteiger partial charge in [-0.25, -0.2) is 0 Å². The molecule has 0 aromatic rings. The predicted octanol–water partition coefficient (Wildman–Crippen LogP) is 3.61. The largest absolute Gasteiger partial charge is 0.481 e. The maximum atomic E-state index is 11.2. The topological polar surface area (TPSA) is 63.6 Å². The number of rotatable bonds is 14. The van der Waals surface area contributed by atoms with Crippen LogP contribution in [0.5, 0.6) is 0 Å². The quantitative estimate of drug-likeness (QED) is 0.300. The summed E-state index contributed by atoms with van der Waals surface area (Å²) in [5.41, 5.74) is 0. The van der Waals surface area contributed by atoms with E-state index in [4.69, 9.17) is 9.84 Å². The Morgan fingerprint density at radius 1 is 1.00 bits per heavy atom. The molecule has 0 aromatic heterocycles. The molecule has 1 unspecified atom stereocenters. The lowest BCUT2D eigenvalue weighted by Crippen LogP contribution is -2.54. The van der Waals surface area contributed by atoms with E-state index >= 15 is 0 Å². The molecule has 0 spiro atoms. The van der Waals surface area contributed by atoms with E-state index in [0.29, 0.717) is 13.1 Å². The van der Waals surface area contributed by atoms with Crippen LogP contribution in [-0.2, 0) is 14.3 Å². The lowest BCUT2D eigenvalue weighted by atomic mass is 10.1. The van der Waals surface area contributed by atoms with E-state index in [-0.39, 0.29) is 18.5 Å². The van der Waals surface area contributed by atoms with Gasteiger partial charge in [-0.15, -0.1) is 0 Å². The molecule has 0 aliphatic rings. The van der Waals surface area contributed by atoms with E-state index in [0.717, 1.165) is 56.1 Å². The standard InChI is InChI=1S/C18H35NO4/c1-5-7-9-12-19(13-10-8-6-2,14-11-18(21)22)15-16(3)23-17(4)20/h16H,5-15H2,1-4H3/p+1. The van der Waals surface area contributed by atoms with E-state index < -0.39 is 5.97 Å². The van der Waals surface area contributed by atoms with Crippen molar-refractivity contribution in [1.82, 2.24) is 0 Å². The van der Waals surface area contributed by atoms with E-state index in [9.17, 15) is 9.59 Å².